The van der Waals surface area contributed by atoms with Crippen LogP contribution in [0.1, 0.15) is 16.7 Å². The molecule has 7 rings (SSSR count). The van der Waals surface area contributed by atoms with Gasteiger partial charge in [0.05, 0.1) is 8.15 Å². The normalized spacial score (nSPS) is 15.5. The van der Waals surface area contributed by atoms with Gasteiger partial charge in [0, 0.05) is 30.7 Å². The van der Waals surface area contributed by atoms with E-state index in [1.54, 1.807) is 0 Å². The Labute approximate surface area is 259 Å². The summed E-state index contributed by atoms with van der Waals surface area (Å²) in [7, 11) is -1.21. The summed E-state index contributed by atoms with van der Waals surface area (Å²) in [5.41, 5.74) is 7.25. The number of rotatable bonds is 6. The average Bonchev–Trinajstić information content (AvgIpc) is 3.31. The summed E-state index contributed by atoms with van der Waals surface area (Å²) < 4.78 is 9.88. The Balaban J connectivity index is 1.59. The summed E-state index contributed by atoms with van der Waals surface area (Å²) in [6.07, 6.45) is 0. The first-order valence-corrected chi connectivity index (χ1v) is 16.3. The molecule has 4 heteroatoms. The molecule has 0 fully saturated rings. The van der Waals surface area contributed by atoms with E-state index in [0.29, 0.717) is 0 Å². The highest BCUT2D eigenvalue weighted by Gasteiger charge is 2.49. The molecule has 0 amide bonds. The lowest BCUT2D eigenvalue weighted by Gasteiger charge is -2.38. The highest BCUT2D eigenvalue weighted by Crippen LogP contribution is 2.61. The Hall–Kier alpha value is -3.33. The predicted octanol–water partition coefficient (Wildman–Crippen LogP) is 10.2. The van der Waals surface area contributed by atoms with Crippen molar-refractivity contribution in [2.45, 2.75) is 5.60 Å². The summed E-state index contributed by atoms with van der Waals surface area (Å²) in [6, 6.07) is 53.7. The van der Waals surface area contributed by atoms with E-state index in [0.717, 1.165) is 31.2 Å². The quantitative estimate of drug-likeness (QED) is 0.160. The Morgan fingerprint density at radius 1 is 0.488 bits per heavy atom. The van der Waals surface area contributed by atoms with E-state index in [9.17, 15) is 0 Å². The van der Waals surface area contributed by atoms with Crippen LogP contribution in [0.25, 0.3) is 22.3 Å². The lowest BCUT2D eigenvalue weighted by Crippen LogP contribution is -2.32. The molecule has 1 aliphatic carbocycles. The number of halogens is 2. The van der Waals surface area contributed by atoms with Gasteiger partial charge >= 0.3 is 0 Å². The molecule has 1 unspecified atom stereocenters. The van der Waals surface area contributed by atoms with Gasteiger partial charge in [-0.1, -0.05) is 165 Å². The third-order valence-corrected chi connectivity index (χ3v) is 10.8. The molecule has 0 radical (unpaired) electrons. The van der Waals surface area contributed by atoms with Crippen LogP contribution in [0.15, 0.2) is 161 Å². The van der Waals surface area contributed by atoms with Crippen LogP contribution >= 0.6 is 40.0 Å². The predicted molar refractivity (Wildman–Crippen MR) is 179 cm³/mol. The standard InChI is InChI=1S/C37H25Br2OP/c38-27-23-24-30-32-20-12-21-33(31-19-10-11-22-35(31)39)36(32)37(34(30)25-27,26-13-4-1-5-14-26)40-41(28-15-6-2-7-16-28)29-17-8-3-9-18-29/h1-25H. The third kappa shape index (κ3) is 4.62. The van der Waals surface area contributed by atoms with E-state index in [1.165, 1.54) is 27.3 Å². The zero-order valence-electron chi connectivity index (χ0n) is 22.0. The molecule has 0 aliphatic heterocycles. The van der Waals surface area contributed by atoms with Gasteiger partial charge in [0.15, 0.2) is 5.60 Å². The Morgan fingerprint density at radius 2 is 1.02 bits per heavy atom. The Kier molecular flexibility index (Phi) is 7.23. The van der Waals surface area contributed by atoms with Gasteiger partial charge in [-0.05, 0) is 46.0 Å². The molecule has 0 saturated heterocycles. The van der Waals surface area contributed by atoms with Gasteiger partial charge < -0.3 is 4.52 Å². The van der Waals surface area contributed by atoms with Crippen molar-refractivity contribution in [1.29, 1.82) is 0 Å². The maximum Gasteiger partial charge on any atom is 0.150 e. The van der Waals surface area contributed by atoms with E-state index in [2.05, 4.69) is 184 Å². The fraction of sp³-hybridized carbons (Fsp3) is 0.0270. The number of fused-ring (bicyclic) bond motifs is 3. The highest BCUT2D eigenvalue weighted by atomic mass is 79.9. The molecular formula is C37H25Br2OP. The second-order valence-electron chi connectivity index (χ2n) is 10.0. The van der Waals surface area contributed by atoms with Crippen LogP contribution in [0, 0.1) is 0 Å². The van der Waals surface area contributed by atoms with E-state index < -0.39 is 13.7 Å². The minimum Gasteiger partial charge on any atom is -0.329 e. The fourth-order valence-electron chi connectivity index (χ4n) is 5.88. The molecule has 41 heavy (non-hydrogen) atoms. The first kappa shape index (κ1) is 26.6. The zero-order valence-corrected chi connectivity index (χ0v) is 26.1. The zero-order chi connectivity index (χ0) is 27.8. The van der Waals surface area contributed by atoms with E-state index >= 15 is 0 Å². The number of hydrogen-bond donors (Lipinski definition) is 0. The summed E-state index contributed by atoms with van der Waals surface area (Å²) in [5.74, 6) is 0. The topological polar surface area (TPSA) is 9.23 Å². The van der Waals surface area contributed by atoms with Gasteiger partial charge in [-0.15, -0.1) is 0 Å². The van der Waals surface area contributed by atoms with E-state index in [4.69, 9.17) is 4.52 Å². The molecule has 0 bridgehead atoms. The van der Waals surface area contributed by atoms with Crippen LogP contribution in [0.5, 0.6) is 0 Å². The van der Waals surface area contributed by atoms with Gasteiger partial charge in [0.2, 0.25) is 0 Å². The monoisotopic (exact) mass is 674 g/mol. The molecule has 1 aliphatic rings. The van der Waals surface area contributed by atoms with Crippen LogP contribution in [-0.2, 0) is 10.1 Å². The number of benzene rings is 6. The largest absolute Gasteiger partial charge is 0.329 e. The lowest BCUT2D eigenvalue weighted by atomic mass is 9.81. The van der Waals surface area contributed by atoms with Crippen LogP contribution in [0.4, 0.5) is 0 Å². The van der Waals surface area contributed by atoms with Gasteiger partial charge in [-0.2, -0.15) is 0 Å². The Morgan fingerprint density at radius 3 is 1.66 bits per heavy atom. The minimum atomic E-state index is -1.21. The first-order chi connectivity index (χ1) is 20.2. The van der Waals surface area contributed by atoms with Crippen molar-refractivity contribution in [3.05, 3.63) is 177 Å². The van der Waals surface area contributed by atoms with E-state index in [1.807, 2.05) is 0 Å². The first-order valence-electron chi connectivity index (χ1n) is 13.5. The van der Waals surface area contributed by atoms with E-state index in [-0.39, 0.29) is 0 Å². The minimum absolute atomic E-state index is 0.862. The maximum absolute atomic E-state index is 7.80. The van der Waals surface area contributed by atoms with Crippen LogP contribution in [0.2, 0.25) is 0 Å². The van der Waals surface area contributed by atoms with Crippen molar-refractivity contribution in [3.8, 4) is 22.3 Å². The van der Waals surface area contributed by atoms with Gasteiger partial charge in [-0.25, -0.2) is 0 Å². The molecular weight excluding hydrogens is 651 g/mol. The van der Waals surface area contributed by atoms with Crippen LogP contribution in [0.3, 0.4) is 0 Å². The highest BCUT2D eigenvalue weighted by molar-refractivity contribution is 9.10. The Bertz CT molecular complexity index is 1800. The molecule has 1 atom stereocenters. The molecule has 6 aromatic rings. The fourth-order valence-corrected chi connectivity index (χ4v) is 8.70. The van der Waals surface area contributed by atoms with Gasteiger partial charge in [0.1, 0.15) is 0 Å². The molecule has 0 spiro atoms. The summed E-state index contributed by atoms with van der Waals surface area (Å²) in [4.78, 5) is 0. The van der Waals surface area contributed by atoms with Gasteiger partial charge in [-0.3, -0.25) is 0 Å². The molecule has 0 aromatic heterocycles. The average molecular weight is 676 g/mol. The smallest absolute Gasteiger partial charge is 0.150 e. The van der Waals surface area contributed by atoms with Crippen LogP contribution < -0.4 is 10.6 Å². The molecule has 1 nitrogen and oxygen atoms in total. The maximum atomic E-state index is 7.80. The molecule has 198 valence electrons. The summed E-state index contributed by atoms with van der Waals surface area (Å²) in [6.45, 7) is 0. The second kappa shape index (κ2) is 11.2. The molecule has 0 heterocycles. The lowest BCUT2D eigenvalue weighted by molar-refractivity contribution is 0.189. The van der Waals surface area contributed by atoms with Crippen molar-refractivity contribution >= 4 is 50.6 Å². The summed E-state index contributed by atoms with van der Waals surface area (Å²) >= 11 is 7.67. The SMILES string of the molecule is Brc1ccc2c(c1)C(OP(c1ccccc1)c1ccccc1)(c1ccccc1)c1c(-c3ccccc3Br)cccc1-2. The van der Waals surface area contributed by atoms with Crippen molar-refractivity contribution in [2.75, 3.05) is 0 Å². The molecule has 0 saturated carbocycles. The second-order valence-corrected chi connectivity index (χ2v) is 13.6. The summed E-state index contributed by atoms with van der Waals surface area (Å²) in [5, 5.41) is 2.35. The number of hydrogen-bond acceptors (Lipinski definition) is 1. The van der Waals surface area contributed by atoms with Crippen LogP contribution in [-0.4, -0.2) is 0 Å². The molecule has 6 aromatic carbocycles. The third-order valence-electron chi connectivity index (χ3n) is 7.62. The van der Waals surface area contributed by atoms with Crippen molar-refractivity contribution in [3.63, 3.8) is 0 Å². The van der Waals surface area contributed by atoms with Crippen molar-refractivity contribution < 1.29 is 4.52 Å². The molecule has 0 N–H and O–H groups in total. The van der Waals surface area contributed by atoms with Gasteiger partial charge in [0.25, 0.3) is 0 Å². The van der Waals surface area contributed by atoms with Crippen molar-refractivity contribution in [2.24, 2.45) is 0 Å². The van der Waals surface area contributed by atoms with Crippen molar-refractivity contribution in [1.82, 2.24) is 0 Å².